The van der Waals surface area contributed by atoms with Gasteiger partial charge in [-0.25, -0.2) is 0 Å². The van der Waals surface area contributed by atoms with Crippen LogP contribution in [0.2, 0.25) is 0 Å². The summed E-state index contributed by atoms with van der Waals surface area (Å²) in [5.74, 6) is -0.250. The van der Waals surface area contributed by atoms with Gasteiger partial charge in [-0.05, 0) is 30.7 Å². The Hall–Kier alpha value is -2.04. The normalized spacial score (nSPS) is 9.71. The molecule has 0 spiro atoms. The highest BCUT2D eigenvalue weighted by molar-refractivity contribution is 5.73. The Morgan fingerprint density at radius 1 is 1.12 bits per heavy atom. The van der Waals surface area contributed by atoms with Gasteiger partial charge >= 0.3 is 11.9 Å². The minimum absolute atomic E-state index is 0.0300. The Bertz CT molecular complexity index is 382. The van der Waals surface area contributed by atoms with E-state index in [0.717, 1.165) is 0 Å². The van der Waals surface area contributed by atoms with Crippen molar-refractivity contribution in [1.29, 1.82) is 0 Å². The fourth-order valence-corrected chi connectivity index (χ4v) is 1.21. The van der Waals surface area contributed by atoms with Crippen LogP contribution >= 0.6 is 0 Å². The number of aliphatic carboxylic acids is 1. The molecule has 0 heterocycles. The van der Waals surface area contributed by atoms with Gasteiger partial charge in [0.25, 0.3) is 0 Å². The molecule has 1 aromatic rings. The van der Waals surface area contributed by atoms with E-state index in [1.807, 2.05) is 0 Å². The van der Waals surface area contributed by atoms with E-state index in [-0.39, 0.29) is 19.3 Å². The largest absolute Gasteiger partial charge is 0.497 e. The molecule has 0 atom stereocenters. The van der Waals surface area contributed by atoms with Gasteiger partial charge in [0.15, 0.2) is 0 Å². The van der Waals surface area contributed by atoms with Gasteiger partial charge in [0.1, 0.15) is 11.5 Å². The van der Waals surface area contributed by atoms with Gasteiger partial charge in [0.05, 0.1) is 7.11 Å². The van der Waals surface area contributed by atoms with Gasteiger partial charge in [0.2, 0.25) is 0 Å². The lowest BCUT2D eigenvalue weighted by Gasteiger charge is -2.04. The minimum Gasteiger partial charge on any atom is -0.497 e. The monoisotopic (exact) mass is 238 g/mol. The first-order chi connectivity index (χ1) is 8.11. The van der Waals surface area contributed by atoms with E-state index in [9.17, 15) is 9.59 Å². The third-order valence-corrected chi connectivity index (χ3v) is 2.06. The zero-order valence-corrected chi connectivity index (χ0v) is 9.51. The Balaban J connectivity index is 2.37. The molecule has 0 aliphatic carbocycles. The summed E-state index contributed by atoms with van der Waals surface area (Å²) in [5.41, 5.74) is 0. The van der Waals surface area contributed by atoms with Crippen molar-refractivity contribution < 1.29 is 24.2 Å². The van der Waals surface area contributed by atoms with Crippen molar-refractivity contribution in [3.63, 3.8) is 0 Å². The quantitative estimate of drug-likeness (QED) is 0.604. The van der Waals surface area contributed by atoms with Crippen molar-refractivity contribution in [1.82, 2.24) is 0 Å². The molecule has 0 aromatic heterocycles. The van der Waals surface area contributed by atoms with Crippen molar-refractivity contribution >= 4 is 11.9 Å². The van der Waals surface area contributed by atoms with Gasteiger partial charge in [-0.15, -0.1) is 0 Å². The smallest absolute Gasteiger partial charge is 0.311 e. The maximum absolute atomic E-state index is 11.3. The molecule has 0 saturated heterocycles. The zero-order chi connectivity index (χ0) is 12.7. The number of hydrogen-bond acceptors (Lipinski definition) is 4. The molecule has 1 N–H and O–H groups in total. The number of carbonyl (C=O) groups excluding carboxylic acids is 1. The second kappa shape index (κ2) is 6.52. The average molecular weight is 238 g/mol. The van der Waals surface area contributed by atoms with Crippen LogP contribution in [0, 0.1) is 0 Å². The number of esters is 1. The summed E-state index contributed by atoms with van der Waals surface area (Å²) < 4.78 is 9.97. The molecule has 17 heavy (non-hydrogen) atoms. The van der Waals surface area contributed by atoms with E-state index < -0.39 is 11.9 Å². The van der Waals surface area contributed by atoms with Crippen molar-refractivity contribution in [3.05, 3.63) is 24.3 Å². The Kier molecular flexibility index (Phi) is 5.00. The van der Waals surface area contributed by atoms with Crippen LogP contribution in [-0.4, -0.2) is 24.2 Å². The van der Waals surface area contributed by atoms with E-state index >= 15 is 0 Å². The van der Waals surface area contributed by atoms with Gasteiger partial charge in [-0.1, -0.05) is 0 Å². The molecule has 0 unspecified atom stereocenters. The molecule has 0 fully saturated rings. The summed E-state index contributed by atoms with van der Waals surface area (Å²) in [7, 11) is 1.55. The lowest BCUT2D eigenvalue weighted by atomic mass is 10.2. The highest BCUT2D eigenvalue weighted by Gasteiger charge is 2.06. The van der Waals surface area contributed by atoms with E-state index in [2.05, 4.69) is 0 Å². The van der Waals surface area contributed by atoms with E-state index in [4.69, 9.17) is 14.6 Å². The third-order valence-electron chi connectivity index (χ3n) is 2.06. The van der Waals surface area contributed by atoms with Crippen LogP contribution in [-0.2, 0) is 9.59 Å². The number of carboxylic acids is 1. The van der Waals surface area contributed by atoms with Gasteiger partial charge < -0.3 is 14.6 Å². The molecule has 5 nitrogen and oxygen atoms in total. The first-order valence-electron chi connectivity index (χ1n) is 5.18. The molecule has 92 valence electrons. The van der Waals surface area contributed by atoms with Crippen LogP contribution in [0.3, 0.4) is 0 Å². The number of ether oxygens (including phenoxy) is 2. The summed E-state index contributed by atoms with van der Waals surface area (Å²) >= 11 is 0. The molecule has 0 saturated carbocycles. The zero-order valence-electron chi connectivity index (χ0n) is 9.51. The number of hydrogen-bond donors (Lipinski definition) is 1. The number of rotatable bonds is 6. The van der Waals surface area contributed by atoms with Crippen LogP contribution < -0.4 is 9.47 Å². The summed E-state index contributed by atoms with van der Waals surface area (Å²) in [6.45, 7) is 0. The second-order valence-electron chi connectivity index (χ2n) is 3.40. The van der Waals surface area contributed by atoms with E-state index in [1.54, 1.807) is 31.4 Å². The SMILES string of the molecule is COc1ccc(OC(=O)CCCC(=O)O)cc1. The van der Waals surface area contributed by atoms with Crippen molar-refractivity contribution in [3.8, 4) is 11.5 Å². The predicted molar refractivity (Wildman–Crippen MR) is 60.1 cm³/mol. The molecule has 1 aromatic carbocycles. The van der Waals surface area contributed by atoms with Gasteiger partial charge in [-0.2, -0.15) is 0 Å². The van der Waals surface area contributed by atoms with Gasteiger partial charge in [-0.3, -0.25) is 9.59 Å². The first-order valence-corrected chi connectivity index (χ1v) is 5.18. The Labute approximate surface area is 99.0 Å². The fourth-order valence-electron chi connectivity index (χ4n) is 1.21. The standard InChI is InChI=1S/C12H14O5/c1-16-9-5-7-10(8-6-9)17-12(15)4-2-3-11(13)14/h5-8H,2-4H2,1H3,(H,13,14). The maximum Gasteiger partial charge on any atom is 0.311 e. The number of benzene rings is 1. The highest BCUT2D eigenvalue weighted by Crippen LogP contribution is 2.17. The highest BCUT2D eigenvalue weighted by atomic mass is 16.5. The molecular formula is C12H14O5. The number of carboxylic acid groups (broad SMARTS) is 1. The van der Waals surface area contributed by atoms with Crippen LogP contribution in [0.5, 0.6) is 11.5 Å². The summed E-state index contributed by atoms with van der Waals surface area (Å²) in [6.07, 6.45) is 0.348. The first kappa shape index (κ1) is 13.0. The van der Waals surface area contributed by atoms with Crippen LogP contribution in [0.15, 0.2) is 24.3 Å². The fraction of sp³-hybridized carbons (Fsp3) is 0.333. The van der Waals surface area contributed by atoms with Crippen molar-refractivity contribution in [2.24, 2.45) is 0 Å². The average Bonchev–Trinajstić information content (AvgIpc) is 2.29. The summed E-state index contributed by atoms with van der Waals surface area (Å²) in [6, 6.07) is 6.60. The second-order valence-corrected chi connectivity index (χ2v) is 3.40. The summed E-state index contributed by atoms with van der Waals surface area (Å²) in [4.78, 5) is 21.5. The van der Waals surface area contributed by atoms with Crippen LogP contribution in [0.4, 0.5) is 0 Å². The minimum atomic E-state index is -0.915. The van der Waals surface area contributed by atoms with Gasteiger partial charge in [0, 0.05) is 12.8 Å². The van der Waals surface area contributed by atoms with E-state index in [1.165, 1.54) is 0 Å². The molecule has 0 radical (unpaired) electrons. The number of carbonyl (C=O) groups is 2. The Morgan fingerprint density at radius 3 is 2.24 bits per heavy atom. The van der Waals surface area contributed by atoms with Crippen LogP contribution in [0.1, 0.15) is 19.3 Å². The van der Waals surface area contributed by atoms with E-state index in [0.29, 0.717) is 11.5 Å². The molecule has 0 aliphatic rings. The molecule has 5 heteroatoms. The molecule has 0 aliphatic heterocycles. The molecule has 0 bridgehead atoms. The van der Waals surface area contributed by atoms with Crippen LogP contribution in [0.25, 0.3) is 0 Å². The summed E-state index contributed by atoms with van der Waals surface area (Å²) in [5, 5.41) is 8.41. The van der Waals surface area contributed by atoms with Crippen molar-refractivity contribution in [2.75, 3.05) is 7.11 Å². The lowest BCUT2D eigenvalue weighted by molar-refractivity contribution is -0.137. The maximum atomic E-state index is 11.3. The van der Waals surface area contributed by atoms with Crippen molar-refractivity contribution in [2.45, 2.75) is 19.3 Å². The topological polar surface area (TPSA) is 72.8 Å². The lowest BCUT2D eigenvalue weighted by Crippen LogP contribution is -2.08. The Morgan fingerprint density at radius 2 is 1.71 bits per heavy atom. The number of methoxy groups -OCH3 is 1. The predicted octanol–water partition coefficient (Wildman–Crippen LogP) is 1.86. The molecule has 0 amide bonds. The molecule has 1 rings (SSSR count). The molecular weight excluding hydrogens is 224 g/mol. The third kappa shape index (κ3) is 5.01.